The maximum Gasteiger partial charge on any atom is 0.343 e. The summed E-state index contributed by atoms with van der Waals surface area (Å²) in [4.78, 5) is 24.0. The first-order chi connectivity index (χ1) is 10.9. The molecule has 23 heavy (non-hydrogen) atoms. The lowest BCUT2D eigenvalue weighted by atomic mass is 10.2. The lowest BCUT2D eigenvalue weighted by Gasteiger charge is -2.14. The number of amides is 1. The van der Waals surface area contributed by atoms with E-state index >= 15 is 0 Å². The highest BCUT2D eigenvalue weighted by Crippen LogP contribution is 2.20. The van der Waals surface area contributed by atoms with Crippen LogP contribution in [0.15, 0.2) is 42.5 Å². The first kappa shape index (κ1) is 17.0. The molecule has 0 spiro atoms. The number of benzene rings is 2. The van der Waals surface area contributed by atoms with Gasteiger partial charge in [-0.1, -0.05) is 35.4 Å². The maximum absolute atomic E-state index is 13.7. The van der Waals surface area contributed by atoms with E-state index in [9.17, 15) is 14.0 Å². The maximum atomic E-state index is 13.7. The normalized spacial score (nSPS) is 11.7. The van der Waals surface area contributed by atoms with Crippen LogP contribution in [0.5, 0.6) is 0 Å². The number of halogens is 2. The molecule has 120 valence electrons. The molecule has 0 aliphatic heterocycles. The summed E-state index contributed by atoms with van der Waals surface area (Å²) in [5.74, 6) is -2.30. The van der Waals surface area contributed by atoms with Gasteiger partial charge in [-0.15, -0.1) is 0 Å². The molecule has 0 radical (unpaired) electrons. The molecule has 0 heterocycles. The topological polar surface area (TPSA) is 55.4 Å². The second-order valence-corrected chi connectivity index (χ2v) is 5.41. The average molecular weight is 336 g/mol. The van der Waals surface area contributed by atoms with Gasteiger partial charge in [-0.3, -0.25) is 4.79 Å². The standard InChI is InChI=1S/C17H15ClFNO3/c1-10-6-8-12(9-7-10)20-16(21)11(2)23-17(22)15-13(18)4-3-5-14(15)19/h3-9,11H,1-2H3,(H,20,21)/t11-/m0/s1. The lowest BCUT2D eigenvalue weighted by Crippen LogP contribution is -2.30. The predicted octanol–water partition coefficient (Wildman–Crippen LogP) is 3.97. The Morgan fingerprint density at radius 2 is 1.83 bits per heavy atom. The largest absolute Gasteiger partial charge is 0.449 e. The third-order valence-electron chi connectivity index (χ3n) is 3.14. The quantitative estimate of drug-likeness (QED) is 0.860. The van der Waals surface area contributed by atoms with Crippen molar-refractivity contribution in [2.24, 2.45) is 0 Å². The number of carbonyl (C=O) groups excluding carboxylic acids is 2. The first-order valence-corrected chi connectivity index (χ1v) is 7.29. The molecule has 2 rings (SSSR count). The molecule has 0 saturated heterocycles. The Morgan fingerprint density at radius 3 is 2.43 bits per heavy atom. The summed E-state index contributed by atoms with van der Waals surface area (Å²) in [6, 6.07) is 11.0. The van der Waals surface area contributed by atoms with E-state index in [0.29, 0.717) is 5.69 Å². The second kappa shape index (κ2) is 7.24. The average Bonchev–Trinajstić information content (AvgIpc) is 2.49. The summed E-state index contributed by atoms with van der Waals surface area (Å²) in [5.41, 5.74) is 1.24. The van der Waals surface area contributed by atoms with Crippen LogP contribution >= 0.6 is 11.6 Å². The highest BCUT2D eigenvalue weighted by atomic mass is 35.5. The van der Waals surface area contributed by atoms with Crippen molar-refractivity contribution in [1.29, 1.82) is 0 Å². The van der Waals surface area contributed by atoms with Crippen LogP contribution in [0.4, 0.5) is 10.1 Å². The minimum atomic E-state index is -1.10. The molecule has 1 N–H and O–H groups in total. The van der Waals surface area contributed by atoms with Crippen LogP contribution in [-0.4, -0.2) is 18.0 Å². The Hall–Kier alpha value is -2.40. The van der Waals surface area contributed by atoms with Crippen LogP contribution in [0.25, 0.3) is 0 Å². The molecule has 0 fully saturated rings. The van der Waals surface area contributed by atoms with Crippen molar-refractivity contribution in [2.45, 2.75) is 20.0 Å². The van der Waals surface area contributed by atoms with Crippen LogP contribution in [0.2, 0.25) is 5.02 Å². The fourth-order valence-corrected chi connectivity index (χ4v) is 2.09. The van der Waals surface area contributed by atoms with E-state index in [-0.39, 0.29) is 10.6 Å². The Morgan fingerprint density at radius 1 is 1.17 bits per heavy atom. The zero-order valence-corrected chi connectivity index (χ0v) is 13.4. The third kappa shape index (κ3) is 4.29. The molecule has 0 aliphatic rings. The Kier molecular flexibility index (Phi) is 5.34. The molecule has 0 aromatic heterocycles. The fraction of sp³-hybridized carbons (Fsp3) is 0.176. The van der Waals surface area contributed by atoms with Gasteiger partial charge in [-0.25, -0.2) is 9.18 Å². The highest BCUT2D eigenvalue weighted by molar-refractivity contribution is 6.33. The number of carbonyl (C=O) groups is 2. The summed E-state index contributed by atoms with van der Waals surface area (Å²) < 4.78 is 18.6. The van der Waals surface area contributed by atoms with Gasteiger partial charge in [0.2, 0.25) is 0 Å². The van der Waals surface area contributed by atoms with Gasteiger partial charge >= 0.3 is 5.97 Å². The number of hydrogen-bond donors (Lipinski definition) is 1. The van der Waals surface area contributed by atoms with Gasteiger partial charge in [0, 0.05) is 5.69 Å². The molecule has 0 aliphatic carbocycles. The van der Waals surface area contributed by atoms with Gasteiger partial charge in [-0.2, -0.15) is 0 Å². The van der Waals surface area contributed by atoms with Crippen molar-refractivity contribution in [2.75, 3.05) is 5.32 Å². The minimum absolute atomic E-state index is 0.0684. The van der Waals surface area contributed by atoms with Crippen molar-refractivity contribution < 1.29 is 18.7 Å². The predicted molar refractivity (Wildman–Crippen MR) is 86.1 cm³/mol. The van der Waals surface area contributed by atoms with Crippen LogP contribution in [0.1, 0.15) is 22.8 Å². The third-order valence-corrected chi connectivity index (χ3v) is 3.45. The number of ether oxygens (including phenoxy) is 1. The van der Waals surface area contributed by atoms with Gasteiger partial charge in [0.05, 0.1) is 5.02 Å². The molecule has 1 amide bonds. The molecule has 4 nitrogen and oxygen atoms in total. The summed E-state index contributed by atoms with van der Waals surface area (Å²) in [6.07, 6.45) is -1.10. The SMILES string of the molecule is Cc1ccc(NC(=O)[C@H](C)OC(=O)c2c(F)cccc2Cl)cc1. The van der Waals surface area contributed by atoms with Gasteiger partial charge in [0.1, 0.15) is 11.4 Å². The van der Waals surface area contributed by atoms with Crippen molar-refractivity contribution in [3.63, 3.8) is 0 Å². The molecule has 0 saturated carbocycles. The summed E-state index contributed by atoms with van der Waals surface area (Å²) in [6.45, 7) is 3.32. The fourth-order valence-electron chi connectivity index (χ4n) is 1.85. The van der Waals surface area contributed by atoms with Gasteiger partial charge in [0.15, 0.2) is 6.10 Å². The molecule has 2 aromatic rings. The number of anilines is 1. The minimum Gasteiger partial charge on any atom is -0.449 e. The Labute approximate surface area is 138 Å². The Balaban J connectivity index is 2.03. The molecule has 6 heteroatoms. The van der Waals surface area contributed by atoms with E-state index in [0.717, 1.165) is 11.6 Å². The smallest absolute Gasteiger partial charge is 0.343 e. The van der Waals surface area contributed by atoms with Crippen molar-refractivity contribution in [1.82, 2.24) is 0 Å². The van der Waals surface area contributed by atoms with E-state index in [2.05, 4.69) is 5.32 Å². The molecule has 0 bridgehead atoms. The number of aryl methyl sites for hydroxylation is 1. The summed E-state index contributed by atoms with van der Waals surface area (Å²) >= 11 is 5.79. The zero-order chi connectivity index (χ0) is 17.0. The van der Waals surface area contributed by atoms with Crippen molar-refractivity contribution in [3.8, 4) is 0 Å². The van der Waals surface area contributed by atoms with Gasteiger partial charge in [0.25, 0.3) is 5.91 Å². The first-order valence-electron chi connectivity index (χ1n) is 6.91. The number of esters is 1. The van der Waals surface area contributed by atoms with Crippen LogP contribution in [-0.2, 0) is 9.53 Å². The summed E-state index contributed by atoms with van der Waals surface area (Å²) in [7, 11) is 0. The van der Waals surface area contributed by atoms with Crippen molar-refractivity contribution in [3.05, 3.63) is 64.4 Å². The van der Waals surface area contributed by atoms with E-state index in [1.807, 2.05) is 19.1 Å². The number of rotatable bonds is 4. The van der Waals surface area contributed by atoms with E-state index in [4.69, 9.17) is 16.3 Å². The number of hydrogen-bond acceptors (Lipinski definition) is 3. The monoisotopic (exact) mass is 335 g/mol. The highest BCUT2D eigenvalue weighted by Gasteiger charge is 2.23. The van der Waals surface area contributed by atoms with Gasteiger partial charge < -0.3 is 10.1 Å². The van der Waals surface area contributed by atoms with Crippen LogP contribution < -0.4 is 5.32 Å². The van der Waals surface area contributed by atoms with Crippen LogP contribution in [0.3, 0.4) is 0 Å². The van der Waals surface area contributed by atoms with E-state index in [1.165, 1.54) is 19.1 Å². The molecular formula is C17H15ClFNO3. The lowest BCUT2D eigenvalue weighted by molar-refractivity contribution is -0.123. The zero-order valence-electron chi connectivity index (χ0n) is 12.6. The second-order valence-electron chi connectivity index (χ2n) is 5.00. The molecule has 2 aromatic carbocycles. The molecular weight excluding hydrogens is 321 g/mol. The molecule has 1 atom stereocenters. The Bertz CT molecular complexity index is 711. The van der Waals surface area contributed by atoms with Crippen molar-refractivity contribution >= 4 is 29.2 Å². The van der Waals surface area contributed by atoms with E-state index < -0.39 is 23.8 Å². The van der Waals surface area contributed by atoms with Crippen LogP contribution in [0, 0.1) is 12.7 Å². The molecule has 0 unspecified atom stereocenters. The summed E-state index contributed by atoms with van der Waals surface area (Å²) in [5, 5.41) is 2.54. The van der Waals surface area contributed by atoms with Gasteiger partial charge in [-0.05, 0) is 38.1 Å². The number of nitrogens with one attached hydrogen (secondary N) is 1. The van der Waals surface area contributed by atoms with E-state index in [1.54, 1.807) is 12.1 Å².